The minimum absolute atomic E-state index is 0.0401. The number of esters is 1. The Morgan fingerprint density at radius 1 is 0.925 bits per heavy atom. The van der Waals surface area contributed by atoms with Crippen LogP contribution in [-0.4, -0.2) is 43.5 Å². The van der Waals surface area contributed by atoms with E-state index in [1.54, 1.807) is 17.4 Å². The molecule has 274 valence electrons. The summed E-state index contributed by atoms with van der Waals surface area (Å²) < 4.78 is 75.9. The average Bonchev–Trinajstić information content (AvgIpc) is 3.12. The number of quaternary nitrogens is 2. The summed E-state index contributed by atoms with van der Waals surface area (Å²) >= 11 is 0. The lowest BCUT2D eigenvalue weighted by atomic mass is 10.0. The number of hydrogen-bond donors (Lipinski definition) is 5. The molecule has 0 aliphatic carbocycles. The third-order valence-electron chi connectivity index (χ3n) is 8.63. The summed E-state index contributed by atoms with van der Waals surface area (Å²) in [5.74, 6) is -4.44. The summed E-state index contributed by atoms with van der Waals surface area (Å²) in [6.45, 7) is 0.785. The molecule has 0 aromatic heterocycles. The number of nitrogens with two attached hydrogens (primary N) is 3. The maximum absolute atomic E-state index is 15.0. The molecule has 5 aromatic carbocycles. The number of benzene rings is 5. The highest BCUT2D eigenvalue weighted by Gasteiger charge is 2.22. The minimum Gasteiger partial charge on any atom is -0.496 e. The van der Waals surface area contributed by atoms with Crippen molar-refractivity contribution in [2.24, 2.45) is 0 Å². The van der Waals surface area contributed by atoms with Crippen molar-refractivity contribution in [1.82, 2.24) is 0 Å². The molecule has 0 saturated heterocycles. The third-order valence-corrected chi connectivity index (χ3v) is 8.63. The fourth-order valence-electron chi connectivity index (χ4n) is 5.91. The van der Waals surface area contributed by atoms with Gasteiger partial charge < -0.3 is 24.8 Å². The summed E-state index contributed by atoms with van der Waals surface area (Å²) in [5, 5.41) is 10.6. The zero-order chi connectivity index (χ0) is 37.8. The van der Waals surface area contributed by atoms with E-state index in [1.807, 2.05) is 11.9 Å². The molecule has 53 heavy (non-hydrogen) atoms. The summed E-state index contributed by atoms with van der Waals surface area (Å²) in [4.78, 5) is 25.6. The van der Waals surface area contributed by atoms with Gasteiger partial charge in [-0.05, 0) is 54.3 Å². The number of aryl methyl sites for hydroxylation is 1. The fourth-order valence-corrected chi connectivity index (χ4v) is 5.91. The van der Waals surface area contributed by atoms with Gasteiger partial charge in [0, 0.05) is 67.8 Å². The highest BCUT2D eigenvalue weighted by atomic mass is 19.1. The lowest BCUT2D eigenvalue weighted by molar-refractivity contribution is -0.729. The molecule has 0 bridgehead atoms. The van der Waals surface area contributed by atoms with Gasteiger partial charge in [0.25, 0.3) is 4.92 Å². The molecule has 0 saturated carbocycles. The monoisotopic (exact) mass is 735 g/mol. The van der Waals surface area contributed by atoms with Crippen LogP contribution in [0.15, 0.2) is 78.9 Å². The Bertz CT molecular complexity index is 2180. The van der Waals surface area contributed by atoms with Gasteiger partial charge in [-0.1, -0.05) is 0 Å². The van der Waals surface area contributed by atoms with E-state index < -0.39 is 40.6 Å². The van der Waals surface area contributed by atoms with Crippen LogP contribution >= 0.6 is 0 Å². The van der Waals surface area contributed by atoms with Gasteiger partial charge >= 0.3 is 11.7 Å². The van der Waals surface area contributed by atoms with E-state index in [2.05, 4.69) is 5.43 Å². The van der Waals surface area contributed by atoms with Gasteiger partial charge in [0.15, 0.2) is 23.1 Å². The zero-order valence-corrected chi connectivity index (χ0v) is 28.5. The van der Waals surface area contributed by atoms with Crippen LogP contribution < -0.4 is 41.0 Å². The number of carbonyl (C=O) groups is 1. The smallest absolute Gasteiger partial charge is 0.347 e. The molecule has 0 atom stereocenters. The highest BCUT2D eigenvalue weighted by Crippen LogP contribution is 2.33. The Morgan fingerprint density at radius 3 is 2.34 bits per heavy atom. The first kappa shape index (κ1) is 36.4. The molecule has 8 N–H and O–H groups in total. The van der Waals surface area contributed by atoms with Crippen LogP contribution in [0.3, 0.4) is 0 Å². The van der Waals surface area contributed by atoms with Crippen molar-refractivity contribution in [3.05, 3.63) is 118 Å². The van der Waals surface area contributed by atoms with Crippen LogP contribution in [0.25, 0.3) is 11.1 Å². The van der Waals surface area contributed by atoms with Gasteiger partial charge in [-0.3, -0.25) is 5.32 Å². The zero-order valence-electron chi connectivity index (χ0n) is 28.5. The molecule has 6 rings (SSSR count). The maximum atomic E-state index is 15.0. The second kappa shape index (κ2) is 15.5. The minimum atomic E-state index is -1.03. The average molecular weight is 736 g/mol. The van der Waals surface area contributed by atoms with Crippen molar-refractivity contribution in [3.8, 4) is 28.4 Å². The molecule has 1 heterocycles. The molecule has 12 nitrogen and oxygen atoms in total. The van der Waals surface area contributed by atoms with Crippen molar-refractivity contribution < 1.29 is 57.4 Å². The summed E-state index contributed by atoms with van der Waals surface area (Å²) in [6.07, 6.45) is 1.78. The first-order chi connectivity index (χ1) is 25.4. The molecule has 0 radical (unpaired) electrons. The Labute approximate surface area is 300 Å². The number of carbonyl (C=O) groups excluding carboxylic acids is 1. The second-order valence-electron chi connectivity index (χ2n) is 12.1. The van der Waals surface area contributed by atoms with Gasteiger partial charge in [0.2, 0.25) is 6.73 Å². The fraction of sp³-hybridized carbons (Fsp3) is 0.162. The molecule has 1 aliphatic heterocycles. The van der Waals surface area contributed by atoms with Crippen LogP contribution in [0.4, 0.5) is 51.7 Å². The van der Waals surface area contributed by atoms with Crippen LogP contribution in [-0.2, 0) is 6.42 Å². The molecular formula is C37H35F4N6O6+3. The van der Waals surface area contributed by atoms with Gasteiger partial charge in [-0.15, -0.1) is 0 Å². The standard InChI is InChI=1S/C37H32F4N6O6/c1-46-11-3-4-21-12-31(27(38)18-32(21)46)45-44-23-13-30(41)36(42)34(15-23)52-19-43-22-7-10-26(33(14-22)51-2)37(48)53-25-16-28(39)35(29(40)17-25)20-5-8-24(9-6-20)47(49)50/h5-10,12-18,44-45H,3-4,11,19,42H2,1-2H3,(H-,43,48,49,50)/p+3. The van der Waals surface area contributed by atoms with E-state index in [1.165, 1.54) is 67.1 Å². The Hall–Kier alpha value is -6.39. The Balaban J connectivity index is 1.08. The number of nitrogens with one attached hydrogen (secondary N) is 1. The van der Waals surface area contributed by atoms with E-state index in [-0.39, 0.29) is 51.3 Å². The number of rotatable bonds is 12. The van der Waals surface area contributed by atoms with Crippen molar-refractivity contribution in [2.45, 2.75) is 12.8 Å². The third kappa shape index (κ3) is 8.08. The highest BCUT2D eigenvalue weighted by molar-refractivity contribution is 5.94. The first-order valence-electron chi connectivity index (χ1n) is 16.3. The van der Waals surface area contributed by atoms with E-state index in [9.17, 15) is 27.3 Å². The van der Waals surface area contributed by atoms with Crippen LogP contribution in [0, 0.1) is 28.2 Å². The predicted molar refractivity (Wildman–Crippen MR) is 186 cm³/mol. The maximum Gasteiger partial charge on any atom is 0.347 e. The van der Waals surface area contributed by atoms with E-state index >= 15 is 0 Å². The topological polar surface area (TPSA) is 160 Å². The van der Waals surface area contributed by atoms with Crippen molar-refractivity contribution >= 4 is 40.1 Å². The largest absolute Gasteiger partial charge is 0.496 e. The van der Waals surface area contributed by atoms with Gasteiger partial charge in [0.1, 0.15) is 45.8 Å². The lowest BCUT2D eigenvalue weighted by Crippen LogP contribution is -2.82. The molecule has 1 aliphatic rings. The molecule has 0 spiro atoms. The number of methoxy groups -OCH3 is 1. The Morgan fingerprint density at radius 2 is 1.64 bits per heavy atom. The van der Waals surface area contributed by atoms with Crippen LogP contribution in [0.2, 0.25) is 0 Å². The molecule has 0 amide bonds. The SMILES string of the molecule is COc1cc([NH2+]COc2cc([NH2+]Nc3cc4c(cc3F)N(C)CCC4)cc(F)c2N)ccc1C(=O)Oc1cc(F)c(-c2ccc([N+](=O)O)cc2)c(F)c1. The number of fused-ring (bicyclic) bond motifs is 1. The van der Waals surface area contributed by atoms with Gasteiger partial charge in [-0.25, -0.2) is 38.4 Å². The van der Waals surface area contributed by atoms with Crippen molar-refractivity contribution in [1.29, 1.82) is 0 Å². The number of nitrogen functional groups attached to an aromatic ring is 2. The molecular weight excluding hydrogens is 700 g/mol. The van der Waals surface area contributed by atoms with Gasteiger partial charge in [-0.2, -0.15) is 0 Å². The molecule has 16 heteroatoms. The first-order valence-corrected chi connectivity index (χ1v) is 16.3. The predicted octanol–water partition coefficient (Wildman–Crippen LogP) is 5.36. The quantitative estimate of drug-likeness (QED) is 0.0217. The number of ether oxygens (including phenoxy) is 3. The molecule has 5 aromatic rings. The van der Waals surface area contributed by atoms with Crippen molar-refractivity contribution in [2.75, 3.05) is 43.5 Å². The van der Waals surface area contributed by atoms with Crippen molar-refractivity contribution in [3.63, 3.8) is 0 Å². The Kier molecular flexibility index (Phi) is 10.6. The number of hydrogen-bond acceptors (Lipinski definition) is 8. The number of nitrogens with zero attached hydrogens (tertiary/aromatic N) is 2. The normalized spacial score (nSPS) is 12.2. The van der Waals surface area contributed by atoms with E-state index in [4.69, 9.17) is 25.2 Å². The summed E-state index contributed by atoms with van der Waals surface area (Å²) in [7, 11) is 3.24. The number of anilines is 3. The van der Waals surface area contributed by atoms with E-state index in [0.29, 0.717) is 11.4 Å². The molecule has 0 fully saturated rings. The van der Waals surface area contributed by atoms with Gasteiger partial charge in [0.05, 0.1) is 17.6 Å². The lowest BCUT2D eigenvalue weighted by Gasteiger charge is -2.28. The van der Waals surface area contributed by atoms with Crippen LogP contribution in [0.1, 0.15) is 22.3 Å². The summed E-state index contributed by atoms with van der Waals surface area (Å²) in [5.41, 5.74) is 12.6. The van der Waals surface area contributed by atoms with Crippen LogP contribution in [0.5, 0.6) is 17.2 Å². The number of halogens is 4. The molecule has 0 unspecified atom stereocenters. The van der Waals surface area contributed by atoms with E-state index in [0.717, 1.165) is 42.8 Å². The second-order valence-corrected chi connectivity index (χ2v) is 12.1. The summed E-state index contributed by atoms with van der Waals surface area (Å²) in [6, 6.07) is 16.9.